The van der Waals surface area contributed by atoms with Gasteiger partial charge in [-0.1, -0.05) is 29.3 Å². The number of amides is 1. The number of ether oxygens (including phenoxy) is 2. The van der Waals surface area contributed by atoms with Crippen LogP contribution in [-0.4, -0.2) is 66.9 Å². The molecule has 1 saturated carbocycles. The summed E-state index contributed by atoms with van der Waals surface area (Å²) in [5, 5.41) is 0.973. The average Bonchev–Trinajstić information content (AvgIpc) is 3.37. The van der Waals surface area contributed by atoms with Gasteiger partial charge in [0.05, 0.1) is 29.7 Å². The van der Waals surface area contributed by atoms with Crippen molar-refractivity contribution in [2.75, 3.05) is 33.4 Å². The number of carbonyl (C=O) groups excluding carboxylic acids is 1. The molecule has 0 N–H and O–H groups in total. The average molecular weight is 464 g/mol. The number of hydrogen-bond donors (Lipinski definition) is 0. The standard InChI is InChI=1S/C21H28Cl2N2O3.ClH/c1-24(19(26)14-15-6-7-16(22)17(23)13-15)20-18(25-9-2-3-10-25)5-4-8-21(20)27-11-12-28-21;/h6-7,13,18,20H,2-5,8-12,14H2,1H3;1H/t18-,20+;/m1./s1. The first-order valence-electron chi connectivity index (χ1n) is 10.2. The van der Waals surface area contributed by atoms with Gasteiger partial charge < -0.3 is 14.4 Å². The van der Waals surface area contributed by atoms with E-state index < -0.39 is 5.79 Å². The van der Waals surface area contributed by atoms with Crippen LogP contribution in [0.15, 0.2) is 18.2 Å². The Bertz CT molecular complexity index is 721. The third-order valence-corrected chi connectivity index (χ3v) is 7.12. The number of benzene rings is 1. The van der Waals surface area contributed by atoms with Crippen LogP contribution in [0, 0.1) is 0 Å². The fraction of sp³-hybridized carbons (Fsp3) is 0.667. The van der Waals surface area contributed by atoms with Crippen LogP contribution in [0.4, 0.5) is 0 Å². The molecule has 1 aromatic rings. The largest absolute Gasteiger partial charge is 0.345 e. The van der Waals surface area contributed by atoms with Crippen LogP contribution in [0.25, 0.3) is 0 Å². The van der Waals surface area contributed by atoms with E-state index in [0.29, 0.717) is 23.3 Å². The van der Waals surface area contributed by atoms with Gasteiger partial charge in [-0.05, 0) is 56.5 Å². The van der Waals surface area contributed by atoms with Gasteiger partial charge in [0.15, 0.2) is 5.79 Å². The summed E-state index contributed by atoms with van der Waals surface area (Å²) in [6.45, 7) is 3.37. The Morgan fingerprint density at radius 1 is 1.17 bits per heavy atom. The zero-order chi connectivity index (χ0) is 19.7. The second-order valence-electron chi connectivity index (χ2n) is 8.09. The molecule has 8 heteroatoms. The van der Waals surface area contributed by atoms with Gasteiger partial charge >= 0.3 is 0 Å². The third kappa shape index (κ3) is 4.70. The molecular formula is C21H29Cl3N2O3. The molecule has 1 aliphatic carbocycles. The predicted octanol–water partition coefficient (Wildman–Crippen LogP) is 4.18. The van der Waals surface area contributed by atoms with E-state index in [1.165, 1.54) is 12.8 Å². The van der Waals surface area contributed by atoms with Crippen molar-refractivity contribution >= 4 is 41.5 Å². The molecular weight excluding hydrogens is 435 g/mol. The fourth-order valence-corrected chi connectivity index (χ4v) is 5.38. The molecule has 1 amide bonds. The summed E-state index contributed by atoms with van der Waals surface area (Å²) in [6, 6.07) is 5.54. The first-order valence-corrected chi connectivity index (χ1v) is 11.0. The number of hydrogen-bond acceptors (Lipinski definition) is 4. The second kappa shape index (κ2) is 9.71. The van der Waals surface area contributed by atoms with Gasteiger partial charge in [0, 0.05) is 19.5 Å². The topological polar surface area (TPSA) is 42.0 Å². The molecule has 1 aromatic carbocycles. The summed E-state index contributed by atoms with van der Waals surface area (Å²) in [7, 11) is 1.89. The molecule has 0 bridgehead atoms. The van der Waals surface area contributed by atoms with Crippen molar-refractivity contribution in [1.29, 1.82) is 0 Å². The van der Waals surface area contributed by atoms with Crippen LogP contribution in [-0.2, 0) is 20.7 Å². The zero-order valence-corrected chi connectivity index (χ0v) is 19.1. The Labute approximate surface area is 189 Å². The highest BCUT2D eigenvalue weighted by atomic mass is 35.5. The van der Waals surface area contributed by atoms with E-state index in [0.717, 1.165) is 37.9 Å². The van der Waals surface area contributed by atoms with Gasteiger partial charge in [0.2, 0.25) is 5.91 Å². The number of likely N-dealkylation sites (tertiary alicyclic amines) is 1. The first kappa shape index (κ1) is 23.1. The van der Waals surface area contributed by atoms with E-state index in [1.807, 2.05) is 18.0 Å². The molecule has 5 nitrogen and oxygen atoms in total. The minimum Gasteiger partial charge on any atom is -0.345 e. The Balaban J connectivity index is 0.00000240. The summed E-state index contributed by atoms with van der Waals surface area (Å²) in [4.78, 5) is 17.6. The van der Waals surface area contributed by atoms with Crippen LogP contribution in [0.2, 0.25) is 10.0 Å². The Hall–Kier alpha value is -0.560. The molecule has 2 aliphatic heterocycles. The van der Waals surface area contributed by atoms with Crippen molar-refractivity contribution in [3.05, 3.63) is 33.8 Å². The normalized spacial score (nSPS) is 26.4. The lowest BCUT2D eigenvalue weighted by Gasteiger charge is -2.50. The van der Waals surface area contributed by atoms with Crippen molar-refractivity contribution < 1.29 is 14.3 Å². The smallest absolute Gasteiger partial charge is 0.227 e. The zero-order valence-electron chi connectivity index (χ0n) is 16.7. The number of likely N-dealkylation sites (N-methyl/N-ethyl adjacent to an activating group) is 1. The maximum atomic E-state index is 13.2. The molecule has 0 unspecified atom stereocenters. The predicted molar refractivity (Wildman–Crippen MR) is 117 cm³/mol. The summed E-state index contributed by atoms with van der Waals surface area (Å²) in [5.41, 5.74) is 0.863. The molecule has 2 heterocycles. The Morgan fingerprint density at radius 2 is 1.86 bits per heavy atom. The molecule has 0 aromatic heterocycles. The number of carbonyl (C=O) groups is 1. The molecule has 2 saturated heterocycles. The van der Waals surface area contributed by atoms with Crippen LogP contribution in [0.1, 0.15) is 37.7 Å². The van der Waals surface area contributed by atoms with Crippen LogP contribution in [0.3, 0.4) is 0 Å². The third-order valence-electron chi connectivity index (χ3n) is 6.38. The SMILES string of the molecule is CN(C(=O)Cc1ccc(Cl)c(Cl)c1)[C@H]1[C@H](N2CCCC2)CCCC12OCCO2.Cl. The van der Waals surface area contributed by atoms with Gasteiger partial charge in [-0.25, -0.2) is 0 Å². The second-order valence-corrected chi connectivity index (χ2v) is 8.90. The van der Waals surface area contributed by atoms with Crippen molar-refractivity contribution in [1.82, 2.24) is 9.80 Å². The maximum Gasteiger partial charge on any atom is 0.227 e. The van der Waals surface area contributed by atoms with Gasteiger partial charge in [0.25, 0.3) is 0 Å². The van der Waals surface area contributed by atoms with E-state index >= 15 is 0 Å². The summed E-state index contributed by atoms with van der Waals surface area (Å²) in [5.74, 6) is -0.624. The molecule has 0 radical (unpaired) electrons. The molecule has 2 atom stereocenters. The van der Waals surface area contributed by atoms with Gasteiger partial charge in [-0.15, -0.1) is 12.4 Å². The lowest BCUT2D eigenvalue weighted by molar-refractivity contribution is -0.229. The van der Waals surface area contributed by atoms with E-state index in [4.69, 9.17) is 32.7 Å². The van der Waals surface area contributed by atoms with Crippen molar-refractivity contribution in [2.24, 2.45) is 0 Å². The molecule has 3 fully saturated rings. The Kier molecular flexibility index (Phi) is 7.74. The van der Waals surface area contributed by atoms with Gasteiger partial charge in [0.1, 0.15) is 6.04 Å². The minimum atomic E-state index is -0.673. The van der Waals surface area contributed by atoms with E-state index in [9.17, 15) is 4.79 Å². The monoisotopic (exact) mass is 462 g/mol. The molecule has 3 aliphatic rings. The maximum absolute atomic E-state index is 13.2. The molecule has 4 rings (SSSR count). The highest BCUT2D eigenvalue weighted by molar-refractivity contribution is 6.42. The van der Waals surface area contributed by atoms with Crippen LogP contribution < -0.4 is 0 Å². The summed E-state index contributed by atoms with van der Waals surface area (Å²) in [6.07, 6.45) is 5.70. The van der Waals surface area contributed by atoms with Crippen molar-refractivity contribution in [2.45, 2.75) is 56.4 Å². The molecule has 29 heavy (non-hydrogen) atoms. The Morgan fingerprint density at radius 3 is 2.52 bits per heavy atom. The van der Waals surface area contributed by atoms with Gasteiger partial charge in [-0.3, -0.25) is 9.69 Å². The minimum absolute atomic E-state index is 0. The van der Waals surface area contributed by atoms with E-state index in [-0.39, 0.29) is 36.8 Å². The van der Waals surface area contributed by atoms with E-state index in [2.05, 4.69) is 4.90 Å². The molecule has 1 spiro atoms. The highest BCUT2D eigenvalue weighted by Gasteiger charge is 2.54. The van der Waals surface area contributed by atoms with Gasteiger partial charge in [-0.2, -0.15) is 0 Å². The fourth-order valence-electron chi connectivity index (χ4n) is 5.05. The van der Waals surface area contributed by atoms with Crippen molar-refractivity contribution in [3.8, 4) is 0 Å². The van der Waals surface area contributed by atoms with Crippen LogP contribution in [0.5, 0.6) is 0 Å². The lowest BCUT2D eigenvalue weighted by atomic mass is 9.82. The number of halogens is 3. The highest BCUT2D eigenvalue weighted by Crippen LogP contribution is 2.41. The van der Waals surface area contributed by atoms with E-state index in [1.54, 1.807) is 12.1 Å². The number of nitrogens with zero attached hydrogens (tertiary/aromatic N) is 2. The first-order chi connectivity index (χ1) is 13.5. The lowest BCUT2D eigenvalue weighted by Crippen LogP contribution is -2.65. The number of rotatable bonds is 4. The van der Waals surface area contributed by atoms with Crippen LogP contribution >= 0.6 is 35.6 Å². The van der Waals surface area contributed by atoms with Crippen molar-refractivity contribution in [3.63, 3.8) is 0 Å². The summed E-state index contributed by atoms with van der Waals surface area (Å²) < 4.78 is 12.3. The quantitative estimate of drug-likeness (QED) is 0.672. The molecule has 162 valence electrons. The summed E-state index contributed by atoms with van der Waals surface area (Å²) >= 11 is 12.1.